The van der Waals surface area contributed by atoms with Crippen LogP contribution in [0.2, 0.25) is 0 Å². The zero-order valence-corrected chi connectivity index (χ0v) is 10.2. The summed E-state index contributed by atoms with van der Waals surface area (Å²) >= 11 is 0. The van der Waals surface area contributed by atoms with Crippen LogP contribution in [0.4, 0.5) is 11.4 Å². The van der Waals surface area contributed by atoms with Crippen LogP contribution < -0.4 is 5.32 Å². The third-order valence-corrected chi connectivity index (χ3v) is 2.44. The maximum absolute atomic E-state index is 10.7. The van der Waals surface area contributed by atoms with Gasteiger partial charge in [-0.1, -0.05) is 19.8 Å². The quantitative estimate of drug-likeness (QED) is 0.493. The summed E-state index contributed by atoms with van der Waals surface area (Å²) in [4.78, 5) is 10.3. The molecule has 1 N–H and O–H groups in total. The summed E-state index contributed by atoms with van der Waals surface area (Å²) in [6.07, 6.45) is 5.41. The van der Waals surface area contributed by atoms with Crippen molar-refractivity contribution in [1.82, 2.24) is 0 Å². The van der Waals surface area contributed by atoms with E-state index in [0.717, 1.165) is 5.56 Å². The Morgan fingerprint density at radius 3 is 2.53 bits per heavy atom. The summed E-state index contributed by atoms with van der Waals surface area (Å²) < 4.78 is 0. The van der Waals surface area contributed by atoms with Crippen molar-refractivity contribution in [3.63, 3.8) is 0 Å². The van der Waals surface area contributed by atoms with E-state index in [-0.39, 0.29) is 17.6 Å². The van der Waals surface area contributed by atoms with Crippen LogP contribution in [0, 0.1) is 35.3 Å². The Kier molecular flexibility index (Phi) is 4.11. The molecule has 0 saturated carbocycles. The lowest BCUT2D eigenvalue weighted by Crippen LogP contribution is -2.23. The van der Waals surface area contributed by atoms with Gasteiger partial charge >= 0.3 is 0 Å². The van der Waals surface area contributed by atoms with Gasteiger partial charge in [-0.15, -0.1) is 6.42 Å². The van der Waals surface area contributed by atoms with E-state index in [4.69, 9.17) is 6.42 Å². The lowest BCUT2D eigenvalue weighted by Gasteiger charge is -2.18. The van der Waals surface area contributed by atoms with Crippen molar-refractivity contribution in [1.29, 1.82) is 0 Å². The molecule has 1 aromatic carbocycles. The highest BCUT2D eigenvalue weighted by Crippen LogP contribution is 2.22. The number of nitrogens with zero attached hydrogens (tertiary/aromatic N) is 1. The molecule has 17 heavy (non-hydrogen) atoms. The fourth-order valence-electron chi connectivity index (χ4n) is 1.53. The minimum Gasteiger partial charge on any atom is -0.371 e. The number of nitrogens with one attached hydrogen (secondary N) is 1. The maximum atomic E-state index is 10.7. The molecule has 0 radical (unpaired) electrons. The fourth-order valence-corrected chi connectivity index (χ4v) is 1.53. The highest BCUT2D eigenvalue weighted by Gasteiger charge is 2.13. The van der Waals surface area contributed by atoms with Crippen molar-refractivity contribution < 1.29 is 4.92 Å². The Bertz CT molecular complexity index is 461. The summed E-state index contributed by atoms with van der Waals surface area (Å²) in [7, 11) is 0. The minimum atomic E-state index is -0.404. The molecule has 0 heterocycles. The van der Waals surface area contributed by atoms with Gasteiger partial charge in [0.25, 0.3) is 5.69 Å². The third-order valence-electron chi connectivity index (χ3n) is 2.44. The number of terminal acetylenes is 1. The number of nitro groups is 1. The molecule has 1 aromatic rings. The average molecular weight is 232 g/mol. The van der Waals surface area contributed by atoms with Gasteiger partial charge in [0, 0.05) is 17.8 Å². The lowest BCUT2D eigenvalue weighted by molar-refractivity contribution is -0.384. The SMILES string of the molecule is C#CC(Nc1cc(C)cc([N+](=O)[O-])c1)C(C)C. The number of anilines is 1. The van der Waals surface area contributed by atoms with E-state index >= 15 is 0 Å². The predicted octanol–water partition coefficient (Wildman–Crippen LogP) is 2.97. The van der Waals surface area contributed by atoms with Crippen LogP contribution in [-0.4, -0.2) is 11.0 Å². The van der Waals surface area contributed by atoms with Crippen LogP contribution in [0.15, 0.2) is 18.2 Å². The number of nitro benzene ring substituents is 1. The van der Waals surface area contributed by atoms with E-state index in [1.807, 2.05) is 26.8 Å². The number of hydrogen-bond donors (Lipinski definition) is 1. The average Bonchev–Trinajstić information content (AvgIpc) is 2.24. The molecule has 0 fully saturated rings. The summed E-state index contributed by atoms with van der Waals surface area (Å²) in [6.45, 7) is 5.82. The molecule has 1 rings (SSSR count). The number of aryl methyl sites for hydroxylation is 1. The molecule has 4 nitrogen and oxygen atoms in total. The van der Waals surface area contributed by atoms with Gasteiger partial charge in [0.05, 0.1) is 11.0 Å². The van der Waals surface area contributed by atoms with Crippen LogP contribution in [0.3, 0.4) is 0 Å². The number of benzene rings is 1. The van der Waals surface area contributed by atoms with Gasteiger partial charge in [0.15, 0.2) is 0 Å². The van der Waals surface area contributed by atoms with Gasteiger partial charge in [-0.25, -0.2) is 0 Å². The second-order valence-electron chi connectivity index (χ2n) is 4.35. The smallest absolute Gasteiger partial charge is 0.271 e. The van der Waals surface area contributed by atoms with Crippen LogP contribution >= 0.6 is 0 Å². The van der Waals surface area contributed by atoms with E-state index < -0.39 is 4.92 Å². The van der Waals surface area contributed by atoms with E-state index in [9.17, 15) is 10.1 Å². The van der Waals surface area contributed by atoms with Gasteiger partial charge in [0.2, 0.25) is 0 Å². The normalized spacial score (nSPS) is 11.9. The van der Waals surface area contributed by atoms with Crippen molar-refractivity contribution in [2.24, 2.45) is 5.92 Å². The van der Waals surface area contributed by atoms with Crippen molar-refractivity contribution in [2.75, 3.05) is 5.32 Å². The van der Waals surface area contributed by atoms with Crippen molar-refractivity contribution >= 4 is 11.4 Å². The highest BCUT2D eigenvalue weighted by molar-refractivity contribution is 5.55. The molecule has 90 valence electrons. The summed E-state index contributed by atoms with van der Waals surface area (Å²) in [5, 5.41) is 13.9. The Labute approximate surface area is 101 Å². The van der Waals surface area contributed by atoms with Gasteiger partial charge in [0.1, 0.15) is 0 Å². The standard InChI is InChI=1S/C13H16N2O2/c1-5-13(9(2)3)14-11-6-10(4)7-12(8-11)15(16)17/h1,6-9,13-14H,2-4H3. The maximum Gasteiger partial charge on any atom is 0.271 e. The number of non-ortho nitro benzene ring substituents is 1. The topological polar surface area (TPSA) is 55.2 Å². The van der Waals surface area contributed by atoms with Crippen LogP contribution in [0.25, 0.3) is 0 Å². The molecule has 0 aliphatic heterocycles. The predicted molar refractivity (Wildman–Crippen MR) is 68.9 cm³/mol. The molecular formula is C13H16N2O2. The van der Waals surface area contributed by atoms with E-state index in [0.29, 0.717) is 5.69 Å². The first kappa shape index (κ1) is 13.0. The van der Waals surface area contributed by atoms with E-state index in [1.165, 1.54) is 12.1 Å². The molecule has 4 heteroatoms. The molecule has 0 aromatic heterocycles. The minimum absolute atomic E-state index is 0.0760. The first-order chi connectivity index (χ1) is 7.93. The Hall–Kier alpha value is -2.02. The largest absolute Gasteiger partial charge is 0.371 e. The van der Waals surface area contributed by atoms with Gasteiger partial charge in [-0.2, -0.15) is 0 Å². The second-order valence-corrected chi connectivity index (χ2v) is 4.35. The molecule has 1 unspecified atom stereocenters. The molecule has 0 bridgehead atoms. The fraction of sp³-hybridized carbons (Fsp3) is 0.385. The van der Waals surface area contributed by atoms with Crippen molar-refractivity contribution in [3.8, 4) is 12.3 Å². The first-order valence-electron chi connectivity index (χ1n) is 5.42. The summed E-state index contributed by atoms with van der Waals surface area (Å²) in [6, 6.07) is 4.75. The first-order valence-corrected chi connectivity index (χ1v) is 5.42. The van der Waals surface area contributed by atoms with Crippen molar-refractivity contribution in [2.45, 2.75) is 26.8 Å². The number of rotatable bonds is 4. The van der Waals surface area contributed by atoms with Gasteiger partial charge in [-0.05, 0) is 24.5 Å². The second kappa shape index (κ2) is 5.35. The Balaban J connectivity index is 2.99. The molecule has 0 spiro atoms. The lowest BCUT2D eigenvalue weighted by atomic mass is 10.0. The molecule has 0 amide bonds. The highest BCUT2D eigenvalue weighted by atomic mass is 16.6. The van der Waals surface area contributed by atoms with Crippen molar-refractivity contribution in [3.05, 3.63) is 33.9 Å². The van der Waals surface area contributed by atoms with E-state index in [1.54, 1.807) is 0 Å². The molecule has 0 saturated heterocycles. The van der Waals surface area contributed by atoms with Crippen LogP contribution in [-0.2, 0) is 0 Å². The number of hydrogen-bond acceptors (Lipinski definition) is 3. The summed E-state index contributed by atoms with van der Waals surface area (Å²) in [5.41, 5.74) is 1.60. The van der Waals surface area contributed by atoms with Gasteiger partial charge < -0.3 is 5.32 Å². The monoisotopic (exact) mass is 232 g/mol. The Morgan fingerprint density at radius 2 is 2.06 bits per heavy atom. The molecule has 0 aliphatic rings. The Morgan fingerprint density at radius 1 is 1.41 bits per heavy atom. The molecular weight excluding hydrogens is 216 g/mol. The van der Waals surface area contributed by atoms with Crippen LogP contribution in [0.1, 0.15) is 19.4 Å². The van der Waals surface area contributed by atoms with Gasteiger partial charge in [-0.3, -0.25) is 10.1 Å². The molecule has 0 aliphatic carbocycles. The van der Waals surface area contributed by atoms with Crippen LogP contribution in [0.5, 0.6) is 0 Å². The third kappa shape index (κ3) is 3.49. The zero-order valence-electron chi connectivity index (χ0n) is 10.2. The molecule has 1 atom stereocenters. The summed E-state index contributed by atoms with van der Waals surface area (Å²) in [5.74, 6) is 2.90. The van der Waals surface area contributed by atoms with E-state index in [2.05, 4.69) is 11.2 Å². The zero-order chi connectivity index (χ0) is 13.0.